The van der Waals surface area contributed by atoms with Crippen molar-refractivity contribution in [1.29, 1.82) is 0 Å². The van der Waals surface area contributed by atoms with E-state index in [1.165, 1.54) is 19.4 Å². The Balaban J connectivity index is 3.26. The van der Waals surface area contributed by atoms with Gasteiger partial charge in [-0.3, -0.25) is 0 Å². The molecule has 0 rings (SSSR count). The van der Waals surface area contributed by atoms with E-state index in [9.17, 15) is 0 Å². The van der Waals surface area contributed by atoms with Gasteiger partial charge in [0.05, 0.1) is 6.61 Å². The fraction of sp³-hybridized carbons (Fsp3) is 1.00. The summed E-state index contributed by atoms with van der Waals surface area (Å²) in [6.07, 6.45) is 3.71. The molecule has 3 nitrogen and oxygen atoms in total. The lowest BCUT2D eigenvalue weighted by Gasteiger charge is -2.17. The molecule has 0 aromatic carbocycles. The van der Waals surface area contributed by atoms with E-state index in [-0.39, 0.29) is 0 Å². The van der Waals surface area contributed by atoms with Crippen LogP contribution >= 0.6 is 0 Å². The Morgan fingerprint density at radius 2 is 2.00 bits per heavy atom. The first kappa shape index (κ1) is 14.9. The average molecular weight is 216 g/mol. The number of hydrogen-bond acceptors (Lipinski definition) is 3. The fourth-order valence-electron chi connectivity index (χ4n) is 1.62. The largest absolute Gasteiger partial charge is 0.380 e. The third kappa shape index (κ3) is 10.2. The zero-order valence-corrected chi connectivity index (χ0v) is 10.7. The van der Waals surface area contributed by atoms with Crippen LogP contribution in [0, 0.1) is 5.92 Å². The molecule has 2 N–H and O–H groups in total. The zero-order chi connectivity index (χ0) is 11.5. The fourth-order valence-corrected chi connectivity index (χ4v) is 1.62. The van der Waals surface area contributed by atoms with Gasteiger partial charge in [0.1, 0.15) is 0 Å². The summed E-state index contributed by atoms with van der Waals surface area (Å²) in [5.74, 6) is 0.773. The molecule has 0 heterocycles. The highest BCUT2D eigenvalue weighted by Gasteiger charge is 2.02. The minimum atomic E-state index is 0.773. The molecule has 0 saturated heterocycles. The van der Waals surface area contributed by atoms with Gasteiger partial charge in [-0.05, 0) is 52.2 Å². The highest BCUT2D eigenvalue weighted by molar-refractivity contribution is 4.57. The van der Waals surface area contributed by atoms with Gasteiger partial charge in [-0.15, -0.1) is 0 Å². The Bertz CT molecular complexity index is 131. The third-order valence-corrected chi connectivity index (χ3v) is 2.72. The summed E-state index contributed by atoms with van der Waals surface area (Å²) in [6.45, 7) is 9.02. The number of nitrogens with zero attached hydrogens (tertiary/aromatic N) is 1. The molecule has 0 aromatic rings. The topological polar surface area (TPSA) is 38.5 Å². The van der Waals surface area contributed by atoms with Crippen LogP contribution in [0.4, 0.5) is 0 Å². The molecular weight excluding hydrogens is 188 g/mol. The molecule has 92 valence electrons. The molecule has 0 fully saturated rings. The first-order chi connectivity index (χ1) is 7.20. The van der Waals surface area contributed by atoms with Crippen molar-refractivity contribution in [1.82, 2.24) is 4.90 Å². The highest BCUT2D eigenvalue weighted by Crippen LogP contribution is 2.09. The summed E-state index contributed by atoms with van der Waals surface area (Å²) in [5, 5.41) is 0. The average Bonchev–Trinajstić information content (AvgIpc) is 2.18. The van der Waals surface area contributed by atoms with Crippen molar-refractivity contribution < 1.29 is 4.74 Å². The van der Waals surface area contributed by atoms with Crippen LogP contribution in [0.3, 0.4) is 0 Å². The van der Waals surface area contributed by atoms with Crippen LogP contribution in [0.2, 0.25) is 0 Å². The molecule has 0 aromatic heterocycles. The van der Waals surface area contributed by atoms with Crippen LogP contribution in [0.1, 0.15) is 33.1 Å². The molecule has 0 aliphatic rings. The second-order valence-corrected chi connectivity index (χ2v) is 4.32. The maximum absolute atomic E-state index is 5.52. The van der Waals surface area contributed by atoms with Gasteiger partial charge >= 0.3 is 0 Å². The minimum absolute atomic E-state index is 0.773. The van der Waals surface area contributed by atoms with Crippen LogP contribution in [-0.2, 0) is 4.74 Å². The van der Waals surface area contributed by atoms with Gasteiger partial charge in [-0.25, -0.2) is 0 Å². The lowest BCUT2D eigenvalue weighted by molar-refractivity contribution is 0.121. The summed E-state index contributed by atoms with van der Waals surface area (Å²) in [5.41, 5.74) is 5.52. The number of likely N-dealkylation sites (N-methyl/N-ethyl adjacent to an activating group) is 1. The van der Waals surface area contributed by atoms with Gasteiger partial charge in [0.25, 0.3) is 0 Å². The van der Waals surface area contributed by atoms with Crippen molar-refractivity contribution in [2.75, 3.05) is 39.9 Å². The molecule has 0 spiro atoms. The van der Waals surface area contributed by atoms with Crippen molar-refractivity contribution in [3.63, 3.8) is 0 Å². The molecular formula is C12H28N2O. The van der Waals surface area contributed by atoms with Gasteiger partial charge in [0.15, 0.2) is 0 Å². The lowest BCUT2D eigenvalue weighted by atomic mass is 10.0. The van der Waals surface area contributed by atoms with Gasteiger partial charge in [0, 0.05) is 13.2 Å². The Morgan fingerprint density at radius 1 is 1.27 bits per heavy atom. The molecule has 0 amide bonds. The van der Waals surface area contributed by atoms with E-state index in [0.717, 1.165) is 38.6 Å². The number of ether oxygens (including phenoxy) is 1. The smallest absolute Gasteiger partial charge is 0.0593 e. The van der Waals surface area contributed by atoms with Crippen molar-refractivity contribution in [2.24, 2.45) is 11.7 Å². The van der Waals surface area contributed by atoms with Gasteiger partial charge in [0.2, 0.25) is 0 Å². The van der Waals surface area contributed by atoms with Crippen molar-refractivity contribution in [3.05, 3.63) is 0 Å². The zero-order valence-electron chi connectivity index (χ0n) is 10.7. The molecule has 15 heavy (non-hydrogen) atoms. The SMILES string of the molecule is CCOCCN(C)CCCC(C)CCN. The highest BCUT2D eigenvalue weighted by atomic mass is 16.5. The standard InChI is InChI=1S/C12H28N2O/c1-4-15-11-10-14(3)9-5-6-12(2)7-8-13/h12H,4-11,13H2,1-3H3. The van der Waals surface area contributed by atoms with E-state index < -0.39 is 0 Å². The van der Waals surface area contributed by atoms with Crippen molar-refractivity contribution >= 4 is 0 Å². The molecule has 0 bridgehead atoms. The summed E-state index contributed by atoms with van der Waals surface area (Å²) >= 11 is 0. The van der Waals surface area contributed by atoms with E-state index in [0.29, 0.717) is 0 Å². The molecule has 0 aliphatic heterocycles. The molecule has 1 atom stereocenters. The summed E-state index contributed by atoms with van der Waals surface area (Å²) < 4.78 is 5.31. The third-order valence-electron chi connectivity index (χ3n) is 2.72. The number of hydrogen-bond donors (Lipinski definition) is 1. The summed E-state index contributed by atoms with van der Waals surface area (Å²) in [6, 6.07) is 0. The lowest BCUT2D eigenvalue weighted by Crippen LogP contribution is -2.24. The quantitative estimate of drug-likeness (QED) is 0.565. The van der Waals surface area contributed by atoms with E-state index in [2.05, 4.69) is 18.9 Å². The van der Waals surface area contributed by atoms with E-state index >= 15 is 0 Å². The predicted molar refractivity (Wildman–Crippen MR) is 66.1 cm³/mol. The van der Waals surface area contributed by atoms with Gasteiger partial charge in [-0.2, -0.15) is 0 Å². The first-order valence-corrected chi connectivity index (χ1v) is 6.17. The van der Waals surface area contributed by atoms with Crippen molar-refractivity contribution in [3.8, 4) is 0 Å². The van der Waals surface area contributed by atoms with Gasteiger partial charge in [-0.1, -0.05) is 6.92 Å². The summed E-state index contributed by atoms with van der Waals surface area (Å²) in [4.78, 5) is 2.34. The van der Waals surface area contributed by atoms with Crippen LogP contribution in [0.5, 0.6) is 0 Å². The molecule has 0 radical (unpaired) electrons. The first-order valence-electron chi connectivity index (χ1n) is 6.17. The minimum Gasteiger partial charge on any atom is -0.380 e. The van der Waals surface area contributed by atoms with Crippen molar-refractivity contribution in [2.45, 2.75) is 33.1 Å². The second kappa shape index (κ2) is 10.4. The number of rotatable bonds is 10. The van der Waals surface area contributed by atoms with Crippen LogP contribution in [-0.4, -0.2) is 44.8 Å². The van der Waals surface area contributed by atoms with Crippen LogP contribution in [0.25, 0.3) is 0 Å². The van der Waals surface area contributed by atoms with Gasteiger partial charge < -0.3 is 15.4 Å². The number of nitrogens with two attached hydrogens (primary N) is 1. The van der Waals surface area contributed by atoms with E-state index in [4.69, 9.17) is 10.5 Å². The monoisotopic (exact) mass is 216 g/mol. The van der Waals surface area contributed by atoms with E-state index in [1.807, 2.05) is 6.92 Å². The summed E-state index contributed by atoms with van der Waals surface area (Å²) in [7, 11) is 2.16. The molecule has 0 aliphatic carbocycles. The molecule has 0 saturated carbocycles. The maximum atomic E-state index is 5.52. The predicted octanol–water partition coefficient (Wildman–Crippen LogP) is 1.72. The normalized spacial score (nSPS) is 13.4. The van der Waals surface area contributed by atoms with E-state index in [1.54, 1.807) is 0 Å². The Morgan fingerprint density at radius 3 is 2.60 bits per heavy atom. The second-order valence-electron chi connectivity index (χ2n) is 4.32. The Hall–Kier alpha value is -0.120. The molecule has 1 unspecified atom stereocenters. The maximum Gasteiger partial charge on any atom is 0.0593 e. The molecule has 3 heteroatoms. The van der Waals surface area contributed by atoms with Crippen LogP contribution in [0.15, 0.2) is 0 Å². The Kier molecular flexibility index (Phi) is 10.3. The Labute approximate surface area is 95.0 Å². The van der Waals surface area contributed by atoms with Crippen LogP contribution < -0.4 is 5.73 Å².